The van der Waals surface area contributed by atoms with Crippen molar-refractivity contribution in [2.24, 2.45) is 4.99 Å². The van der Waals surface area contributed by atoms with Gasteiger partial charge in [0.05, 0.1) is 12.7 Å². The van der Waals surface area contributed by atoms with Crippen molar-refractivity contribution < 1.29 is 9.47 Å². The monoisotopic (exact) mass is 385 g/mol. The normalized spacial score (nSPS) is 19.1. The number of halogens is 1. The van der Waals surface area contributed by atoms with E-state index in [0.717, 1.165) is 45.2 Å². The van der Waals surface area contributed by atoms with Crippen LogP contribution in [0.4, 0.5) is 0 Å². The van der Waals surface area contributed by atoms with E-state index in [0.29, 0.717) is 12.7 Å². The van der Waals surface area contributed by atoms with Crippen LogP contribution in [0.2, 0.25) is 0 Å². The first-order valence-corrected chi connectivity index (χ1v) is 7.08. The van der Waals surface area contributed by atoms with Gasteiger partial charge < -0.3 is 20.1 Å². The van der Waals surface area contributed by atoms with Crippen molar-refractivity contribution in [3.63, 3.8) is 0 Å². The molecule has 1 rings (SSSR count). The average Bonchev–Trinajstić information content (AvgIpc) is 2.87. The lowest BCUT2D eigenvalue weighted by Gasteiger charge is -2.12. The minimum absolute atomic E-state index is 0. The molecule has 0 saturated carbocycles. The molecule has 1 aliphatic heterocycles. The summed E-state index contributed by atoms with van der Waals surface area (Å²) in [5.74, 6) is 0.871. The SMILES string of the molecule is CCNC(=NCCC1CCCO1)NCCOCC.I. The molecule has 0 aromatic carbocycles. The maximum atomic E-state index is 5.58. The molecule has 1 heterocycles. The van der Waals surface area contributed by atoms with E-state index in [1.54, 1.807) is 0 Å². The molecule has 1 unspecified atom stereocenters. The summed E-state index contributed by atoms with van der Waals surface area (Å²) in [4.78, 5) is 4.53. The van der Waals surface area contributed by atoms with Crippen LogP contribution in [0.15, 0.2) is 4.99 Å². The predicted molar refractivity (Wildman–Crippen MR) is 89.5 cm³/mol. The van der Waals surface area contributed by atoms with E-state index >= 15 is 0 Å². The zero-order chi connectivity index (χ0) is 13.1. The molecule has 0 spiro atoms. The van der Waals surface area contributed by atoms with E-state index < -0.39 is 0 Å². The minimum atomic E-state index is 0. The van der Waals surface area contributed by atoms with Crippen LogP contribution in [0.3, 0.4) is 0 Å². The highest BCUT2D eigenvalue weighted by atomic mass is 127. The summed E-state index contributed by atoms with van der Waals surface area (Å²) >= 11 is 0. The van der Waals surface area contributed by atoms with Gasteiger partial charge in [0.2, 0.25) is 0 Å². The zero-order valence-corrected chi connectivity index (χ0v) is 14.4. The molecule has 2 N–H and O–H groups in total. The van der Waals surface area contributed by atoms with Crippen molar-refractivity contribution in [2.45, 2.75) is 39.2 Å². The van der Waals surface area contributed by atoms with Crippen LogP contribution in [-0.4, -0.2) is 51.5 Å². The summed E-state index contributed by atoms with van der Waals surface area (Å²) in [5, 5.41) is 6.48. The van der Waals surface area contributed by atoms with Gasteiger partial charge in [-0.25, -0.2) is 0 Å². The number of guanidine groups is 1. The number of hydrogen-bond acceptors (Lipinski definition) is 3. The third kappa shape index (κ3) is 9.45. The second kappa shape index (κ2) is 12.9. The van der Waals surface area contributed by atoms with Crippen LogP contribution in [0.25, 0.3) is 0 Å². The van der Waals surface area contributed by atoms with E-state index in [-0.39, 0.29) is 24.0 Å². The molecule has 0 aromatic rings. The second-order valence-corrected chi connectivity index (χ2v) is 4.31. The lowest BCUT2D eigenvalue weighted by molar-refractivity contribution is 0.106. The molecule has 19 heavy (non-hydrogen) atoms. The minimum Gasteiger partial charge on any atom is -0.380 e. The van der Waals surface area contributed by atoms with E-state index in [4.69, 9.17) is 9.47 Å². The smallest absolute Gasteiger partial charge is 0.191 e. The Bertz CT molecular complexity index is 234. The Hall–Kier alpha value is -0.0800. The Balaban J connectivity index is 0.00000324. The number of hydrogen-bond donors (Lipinski definition) is 2. The first-order valence-electron chi connectivity index (χ1n) is 7.08. The Morgan fingerprint density at radius 3 is 2.84 bits per heavy atom. The van der Waals surface area contributed by atoms with Gasteiger partial charge in [-0.2, -0.15) is 0 Å². The highest BCUT2D eigenvalue weighted by Gasteiger charge is 2.14. The quantitative estimate of drug-likeness (QED) is 0.290. The fourth-order valence-corrected chi connectivity index (χ4v) is 1.92. The highest BCUT2D eigenvalue weighted by Crippen LogP contribution is 2.14. The molecule has 5 nitrogen and oxygen atoms in total. The molecule has 1 atom stereocenters. The van der Waals surface area contributed by atoms with Gasteiger partial charge in [-0.3, -0.25) is 4.99 Å². The van der Waals surface area contributed by atoms with E-state index in [1.807, 2.05) is 6.92 Å². The Morgan fingerprint density at radius 2 is 2.21 bits per heavy atom. The molecule has 1 aliphatic rings. The second-order valence-electron chi connectivity index (χ2n) is 4.31. The maximum absolute atomic E-state index is 5.58. The third-order valence-corrected chi connectivity index (χ3v) is 2.83. The molecular formula is C13H28IN3O2. The molecular weight excluding hydrogens is 357 g/mol. The molecule has 1 saturated heterocycles. The molecule has 6 heteroatoms. The lowest BCUT2D eigenvalue weighted by Crippen LogP contribution is -2.39. The highest BCUT2D eigenvalue weighted by molar-refractivity contribution is 14.0. The number of ether oxygens (including phenoxy) is 2. The molecule has 0 aliphatic carbocycles. The van der Waals surface area contributed by atoms with E-state index in [2.05, 4.69) is 22.5 Å². The van der Waals surface area contributed by atoms with Gasteiger partial charge in [-0.05, 0) is 33.1 Å². The first-order chi connectivity index (χ1) is 8.86. The van der Waals surface area contributed by atoms with E-state index in [1.165, 1.54) is 12.8 Å². The maximum Gasteiger partial charge on any atom is 0.191 e. The standard InChI is InChI=1S/C13H27N3O2.HI/c1-3-14-13(16-9-11-17-4-2)15-8-7-12-6-5-10-18-12;/h12H,3-11H2,1-2H3,(H2,14,15,16);1H. The third-order valence-electron chi connectivity index (χ3n) is 2.83. The molecule has 0 radical (unpaired) electrons. The summed E-state index contributed by atoms with van der Waals surface area (Å²) in [5.41, 5.74) is 0. The van der Waals surface area contributed by atoms with Gasteiger partial charge >= 0.3 is 0 Å². The zero-order valence-electron chi connectivity index (χ0n) is 12.1. The molecule has 0 aromatic heterocycles. The number of rotatable bonds is 8. The van der Waals surface area contributed by atoms with Crippen molar-refractivity contribution in [1.82, 2.24) is 10.6 Å². The molecule has 114 valence electrons. The predicted octanol–water partition coefficient (Wildman–Crippen LogP) is 1.77. The van der Waals surface area contributed by atoms with Gasteiger partial charge in [-0.1, -0.05) is 0 Å². The van der Waals surface area contributed by atoms with Crippen LogP contribution >= 0.6 is 24.0 Å². The lowest BCUT2D eigenvalue weighted by atomic mass is 10.2. The van der Waals surface area contributed by atoms with Crippen molar-refractivity contribution in [2.75, 3.05) is 39.5 Å². The average molecular weight is 385 g/mol. The number of nitrogens with zero attached hydrogens (tertiary/aromatic N) is 1. The topological polar surface area (TPSA) is 54.9 Å². The van der Waals surface area contributed by atoms with Crippen LogP contribution in [-0.2, 0) is 9.47 Å². The van der Waals surface area contributed by atoms with Crippen LogP contribution in [0, 0.1) is 0 Å². The van der Waals surface area contributed by atoms with Gasteiger partial charge in [0.15, 0.2) is 5.96 Å². The van der Waals surface area contributed by atoms with Crippen LogP contribution in [0.1, 0.15) is 33.1 Å². The largest absolute Gasteiger partial charge is 0.380 e. The molecule has 0 amide bonds. The fourth-order valence-electron chi connectivity index (χ4n) is 1.92. The Morgan fingerprint density at radius 1 is 1.37 bits per heavy atom. The number of aliphatic imine (C=N–C) groups is 1. The van der Waals surface area contributed by atoms with Crippen molar-refractivity contribution >= 4 is 29.9 Å². The fraction of sp³-hybridized carbons (Fsp3) is 0.923. The molecule has 0 bridgehead atoms. The molecule has 1 fully saturated rings. The van der Waals surface area contributed by atoms with Gasteiger partial charge in [0.25, 0.3) is 0 Å². The summed E-state index contributed by atoms with van der Waals surface area (Å²) in [6.45, 7) is 8.94. The van der Waals surface area contributed by atoms with Gasteiger partial charge in [0.1, 0.15) is 0 Å². The van der Waals surface area contributed by atoms with Gasteiger partial charge in [0, 0.05) is 32.8 Å². The summed E-state index contributed by atoms with van der Waals surface area (Å²) < 4.78 is 10.9. The van der Waals surface area contributed by atoms with E-state index in [9.17, 15) is 0 Å². The van der Waals surface area contributed by atoms with Gasteiger partial charge in [-0.15, -0.1) is 24.0 Å². The summed E-state index contributed by atoms with van der Waals surface area (Å²) in [6, 6.07) is 0. The van der Waals surface area contributed by atoms with Crippen LogP contribution in [0.5, 0.6) is 0 Å². The summed E-state index contributed by atoms with van der Waals surface area (Å²) in [6.07, 6.45) is 3.81. The van der Waals surface area contributed by atoms with Crippen molar-refractivity contribution in [3.05, 3.63) is 0 Å². The Labute approximate surface area is 133 Å². The van der Waals surface area contributed by atoms with Crippen molar-refractivity contribution in [3.8, 4) is 0 Å². The number of nitrogens with one attached hydrogen (secondary N) is 2. The Kier molecular flexibility index (Phi) is 12.9. The van der Waals surface area contributed by atoms with Crippen LogP contribution < -0.4 is 10.6 Å². The van der Waals surface area contributed by atoms with Crippen molar-refractivity contribution in [1.29, 1.82) is 0 Å². The summed E-state index contributed by atoms with van der Waals surface area (Å²) in [7, 11) is 0. The first kappa shape index (κ1) is 18.9.